The highest BCUT2D eigenvalue weighted by Gasteiger charge is 2.53. The van der Waals surface area contributed by atoms with Gasteiger partial charge in [0.15, 0.2) is 11.6 Å². The summed E-state index contributed by atoms with van der Waals surface area (Å²) in [5.41, 5.74) is 0.488. The van der Waals surface area contributed by atoms with Crippen molar-refractivity contribution in [3.05, 3.63) is 53.6 Å². The number of para-hydroxylation sites is 1. The minimum Gasteiger partial charge on any atom is -0.431 e. The maximum absolute atomic E-state index is 13.1. The maximum Gasteiger partial charge on any atom is 0.279 e. The molecule has 156 valence electrons. The predicted octanol–water partition coefficient (Wildman–Crippen LogP) is 5.46. The Morgan fingerprint density at radius 3 is 2.33 bits per heavy atom. The molecule has 0 unspecified atom stereocenters. The molecule has 6 heteroatoms. The van der Waals surface area contributed by atoms with E-state index in [-0.39, 0.29) is 11.6 Å². The van der Waals surface area contributed by atoms with Gasteiger partial charge in [-0.05, 0) is 69.5 Å². The fraction of sp³-hybridized carbons (Fsp3) is 0.375. The predicted molar refractivity (Wildman–Crippen MR) is 118 cm³/mol. The Labute approximate surface area is 180 Å². The summed E-state index contributed by atoms with van der Waals surface area (Å²) in [6, 6.07) is 13.4. The van der Waals surface area contributed by atoms with Crippen LogP contribution in [0.15, 0.2) is 42.5 Å². The second kappa shape index (κ2) is 7.29. The van der Waals surface area contributed by atoms with Crippen LogP contribution in [0, 0.1) is 0 Å². The van der Waals surface area contributed by atoms with Gasteiger partial charge in [0, 0.05) is 0 Å². The van der Waals surface area contributed by atoms with Crippen molar-refractivity contribution in [2.75, 3.05) is 0 Å². The molecule has 1 aromatic heterocycles. The molecule has 0 bridgehead atoms. The lowest BCUT2D eigenvalue weighted by molar-refractivity contribution is -0.184. The first kappa shape index (κ1) is 20.7. The number of nitrogens with zero attached hydrogens (tertiary/aromatic N) is 1. The largest absolute Gasteiger partial charge is 0.431 e. The zero-order valence-corrected chi connectivity index (χ0v) is 18.6. The van der Waals surface area contributed by atoms with Crippen LogP contribution in [-0.4, -0.2) is 27.8 Å². The Morgan fingerprint density at radius 1 is 1.03 bits per heavy atom. The maximum atomic E-state index is 13.1. The van der Waals surface area contributed by atoms with E-state index in [0.29, 0.717) is 17.4 Å². The molecule has 0 N–H and O–H groups in total. The third-order valence-corrected chi connectivity index (χ3v) is 6.42. The summed E-state index contributed by atoms with van der Waals surface area (Å²) in [5.74, 6) is -0.613. The molecular weight excluding hydrogens is 398 g/mol. The molecule has 0 atom stereocenters. The van der Waals surface area contributed by atoms with Crippen molar-refractivity contribution in [1.82, 2.24) is 4.98 Å². The van der Waals surface area contributed by atoms with Crippen LogP contribution in [0.4, 0.5) is 0 Å². The highest BCUT2D eigenvalue weighted by molar-refractivity contribution is 7.20. The first-order valence-corrected chi connectivity index (χ1v) is 10.9. The number of ketones is 2. The number of hydrogen-bond donors (Lipinski definition) is 0. The molecule has 1 fully saturated rings. The molecule has 2 heterocycles. The molecular formula is C24H25NO4S. The molecule has 1 saturated heterocycles. The summed E-state index contributed by atoms with van der Waals surface area (Å²) in [6.07, 6.45) is 0.672. The molecule has 2 aromatic carbocycles. The SMILES string of the molecule is CCc1cc(Oc2nc3ccccc3s2)ccc1C1C(=O)C(C)(C)OC(C)(C)C1=O. The van der Waals surface area contributed by atoms with Crippen molar-refractivity contribution in [3.8, 4) is 10.9 Å². The normalized spacial score (nSPS) is 18.7. The van der Waals surface area contributed by atoms with Gasteiger partial charge in [-0.15, -0.1) is 0 Å². The van der Waals surface area contributed by atoms with Gasteiger partial charge in [0.25, 0.3) is 5.19 Å². The van der Waals surface area contributed by atoms with Crippen molar-refractivity contribution >= 4 is 33.1 Å². The number of aromatic nitrogens is 1. The summed E-state index contributed by atoms with van der Waals surface area (Å²) in [5, 5.41) is 0.562. The minimum atomic E-state index is -1.02. The van der Waals surface area contributed by atoms with Gasteiger partial charge in [-0.3, -0.25) is 9.59 Å². The van der Waals surface area contributed by atoms with Gasteiger partial charge in [-0.25, -0.2) is 4.98 Å². The van der Waals surface area contributed by atoms with Gasteiger partial charge in [0.2, 0.25) is 0 Å². The van der Waals surface area contributed by atoms with E-state index in [1.54, 1.807) is 33.8 Å². The number of carbonyl (C=O) groups excluding carboxylic acids is 2. The Kier molecular flexibility index (Phi) is 5.03. The first-order valence-electron chi connectivity index (χ1n) is 10.1. The Balaban J connectivity index is 1.69. The molecule has 1 aliphatic heterocycles. The van der Waals surface area contributed by atoms with Gasteiger partial charge in [0.05, 0.1) is 10.2 Å². The van der Waals surface area contributed by atoms with Crippen molar-refractivity contribution in [3.63, 3.8) is 0 Å². The summed E-state index contributed by atoms with van der Waals surface area (Å²) >= 11 is 1.48. The van der Waals surface area contributed by atoms with Crippen LogP contribution in [0.25, 0.3) is 10.2 Å². The number of thiazole rings is 1. The summed E-state index contributed by atoms with van der Waals surface area (Å²) in [6.45, 7) is 8.92. The monoisotopic (exact) mass is 423 g/mol. The van der Waals surface area contributed by atoms with Crippen molar-refractivity contribution in [2.24, 2.45) is 0 Å². The first-order chi connectivity index (χ1) is 14.1. The molecule has 0 radical (unpaired) electrons. The zero-order chi connectivity index (χ0) is 21.7. The summed E-state index contributed by atoms with van der Waals surface area (Å²) in [7, 11) is 0. The third kappa shape index (κ3) is 3.55. The van der Waals surface area contributed by atoms with Gasteiger partial charge in [-0.2, -0.15) is 0 Å². The lowest BCUT2D eigenvalue weighted by Crippen LogP contribution is -2.58. The number of Topliss-reactive ketones (excluding diaryl/α,β-unsaturated/α-hetero) is 2. The number of rotatable bonds is 4. The summed E-state index contributed by atoms with van der Waals surface area (Å²) in [4.78, 5) is 30.7. The number of benzene rings is 2. The molecule has 0 saturated carbocycles. The van der Waals surface area contributed by atoms with E-state index in [1.165, 1.54) is 11.3 Å². The zero-order valence-electron chi connectivity index (χ0n) is 17.8. The quantitative estimate of drug-likeness (QED) is 0.521. The molecule has 1 aliphatic rings. The molecule has 5 nitrogen and oxygen atoms in total. The topological polar surface area (TPSA) is 65.5 Å². The van der Waals surface area contributed by atoms with Crippen LogP contribution in [0.5, 0.6) is 10.9 Å². The van der Waals surface area contributed by atoms with Crippen molar-refractivity contribution < 1.29 is 19.1 Å². The number of aryl methyl sites for hydroxylation is 1. The van der Waals surface area contributed by atoms with Gasteiger partial charge in [0.1, 0.15) is 22.9 Å². The molecule has 3 aromatic rings. The highest BCUT2D eigenvalue weighted by Crippen LogP contribution is 2.41. The minimum absolute atomic E-state index is 0.207. The van der Waals surface area contributed by atoms with Gasteiger partial charge in [-0.1, -0.05) is 36.5 Å². The smallest absolute Gasteiger partial charge is 0.279 e. The number of ether oxygens (including phenoxy) is 2. The highest BCUT2D eigenvalue weighted by atomic mass is 32.1. The van der Waals surface area contributed by atoms with E-state index in [1.807, 2.05) is 43.3 Å². The van der Waals surface area contributed by atoms with Crippen LogP contribution in [0.2, 0.25) is 0 Å². The van der Waals surface area contributed by atoms with Crippen molar-refractivity contribution in [1.29, 1.82) is 0 Å². The van der Waals surface area contributed by atoms with E-state index in [2.05, 4.69) is 4.98 Å². The average molecular weight is 424 g/mol. The Bertz CT molecular complexity index is 1090. The van der Waals surface area contributed by atoms with E-state index in [9.17, 15) is 9.59 Å². The number of carbonyl (C=O) groups is 2. The van der Waals surface area contributed by atoms with Crippen LogP contribution in [0.3, 0.4) is 0 Å². The summed E-state index contributed by atoms with van der Waals surface area (Å²) < 4.78 is 12.9. The Morgan fingerprint density at radius 2 is 1.70 bits per heavy atom. The van der Waals surface area contributed by atoms with Crippen LogP contribution in [0.1, 0.15) is 51.7 Å². The number of fused-ring (bicyclic) bond motifs is 1. The second-order valence-electron chi connectivity index (χ2n) is 8.55. The lowest BCUT2D eigenvalue weighted by atomic mass is 9.74. The van der Waals surface area contributed by atoms with E-state index in [0.717, 1.165) is 21.3 Å². The van der Waals surface area contributed by atoms with Crippen molar-refractivity contribution in [2.45, 2.75) is 58.2 Å². The second-order valence-corrected chi connectivity index (χ2v) is 9.54. The fourth-order valence-corrected chi connectivity index (χ4v) is 4.90. The lowest BCUT2D eigenvalue weighted by Gasteiger charge is -2.43. The molecule has 4 rings (SSSR count). The molecule has 0 aliphatic carbocycles. The van der Waals surface area contributed by atoms with E-state index in [4.69, 9.17) is 9.47 Å². The molecule has 30 heavy (non-hydrogen) atoms. The molecule has 0 amide bonds. The average Bonchev–Trinajstić information content (AvgIpc) is 3.09. The van der Waals surface area contributed by atoms with Gasteiger partial charge >= 0.3 is 0 Å². The van der Waals surface area contributed by atoms with Crippen LogP contribution < -0.4 is 4.74 Å². The number of hydrogen-bond acceptors (Lipinski definition) is 6. The standard InChI is InChI=1S/C24H25NO4S/c1-6-14-13-15(28-22-25-17-9-7-8-10-18(17)30-22)11-12-16(14)19-20(26)23(2,3)29-24(4,5)21(19)27/h7-13,19H,6H2,1-5H3. The van der Waals surface area contributed by atoms with Gasteiger partial charge < -0.3 is 9.47 Å². The fourth-order valence-electron chi connectivity index (χ4n) is 4.06. The van der Waals surface area contributed by atoms with Crippen LogP contribution in [-0.2, 0) is 20.7 Å². The van der Waals surface area contributed by atoms with E-state index >= 15 is 0 Å². The van der Waals surface area contributed by atoms with Crippen LogP contribution >= 0.6 is 11.3 Å². The molecule has 0 spiro atoms. The third-order valence-electron chi connectivity index (χ3n) is 5.51. The Hall–Kier alpha value is -2.57. The van der Waals surface area contributed by atoms with E-state index < -0.39 is 17.1 Å².